The summed E-state index contributed by atoms with van der Waals surface area (Å²) < 4.78 is 1.47. The first-order valence-electron chi connectivity index (χ1n) is 6.27. The molecule has 1 amide bonds. The van der Waals surface area contributed by atoms with E-state index >= 15 is 0 Å². The lowest BCUT2D eigenvalue weighted by atomic mass is 10.1. The second-order valence-electron chi connectivity index (χ2n) is 4.84. The number of nitrogens with zero attached hydrogens (tertiary/aromatic N) is 1. The Morgan fingerprint density at radius 1 is 1.61 bits per heavy atom. The van der Waals surface area contributed by atoms with Gasteiger partial charge < -0.3 is 15.2 Å². The number of carbonyl (C=O) groups excluding carboxylic acids is 1. The first-order valence-corrected chi connectivity index (χ1v) is 6.27. The summed E-state index contributed by atoms with van der Waals surface area (Å²) in [7, 11) is 1.68. The molecule has 1 saturated heterocycles. The van der Waals surface area contributed by atoms with E-state index in [1.807, 2.05) is 13.0 Å². The van der Waals surface area contributed by atoms with E-state index in [2.05, 4.69) is 10.6 Å². The van der Waals surface area contributed by atoms with Crippen LogP contribution in [0.15, 0.2) is 17.1 Å². The number of carbonyl (C=O) groups is 1. The fourth-order valence-electron chi connectivity index (χ4n) is 2.22. The summed E-state index contributed by atoms with van der Waals surface area (Å²) in [6.07, 6.45) is 4.27. The van der Waals surface area contributed by atoms with Gasteiger partial charge in [-0.3, -0.25) is 9.59 Å². The van der Waals surface area contributed by atoms with E-state index in [0.29, 0.717) is 12.1 Å². The van der Waals surface area contributed by atoms with Crippen LogP contribution in [0.2, 0.25) is 0 Å². The average molecular weight is 249 g/mol. The van der Waals surface area contributed by atoms with Crippen LogP contribution in [0.25, 0.3) is 0 Å². The Bertz CT molecular complexity index is 501. The number of aromatic nitrogens is 1. The standard InChI is InChI=1S/C13H19N3O2/c1-9-5-7-16(2)13(18)12(9)15-11(17)8-10-4-3-6-14-10/h5,7,10,14H,3-4,6,8H2,1-2H3,(H,15,17). The Labute approximate surface area is 106 Å². The lowest BCUT2D eigenvalue weighted by molar-refractivity contribution is -0.116. The largest absolute Gasteiger partial charge is 0.321 e. The summed E-state index contributed by atoms with van der Waals surface area (Å²) in [5, 5.41) is 6.00. The molecule has 0 radical (unpaired) electrons. The van der Waals surface area contributed by atoms with E-state index in [1.54, 1.807) is 13.2 Å². The molecule has 1 atom stereocenters. The van der Waals surface area contributed by atoms with E-state index in [9.17, 15) is 9.59 Å². The maximum absolute atomic E-state index is 11.9. The molecule has 1 aliphatic rings. The van der Waals surface area contributed by atoms with Gasteiger partial charge in [0.05, 0.1) is 0 Å². The SMILES string of the molecule is Cc1ccn(C)c(=O)c1NC(=O)CC1CCCN1. The molecule has 1 aromatic heterocycles. The minimum atomic E-state index is -0.164. The number of pyridine rings is 1. The molecule has 5 heteroatoms. The highest BCUT2D eigenvalue weighted by Gasteiger charge is 2.18. The zero-order valence-corrected chi connectivity index (χ0v) is 10.8. The number of aryl methyl sites for hydroxylation is 2. The van der Waals surface area contributed by atoms with Gasteiger partial charge >= 0.3 is 0 Å². The molecule has 0 aliphatic carbocycles. The van der Waals surface area contributed by atoms with Crippen LogP contribution in [-0.2, 0) is 11.8 Å². The minimum Gasteiger partial charge on any atom is -0.321 e. The molecular weight excluding hydrogens is 230 g/mol. The van der Waals surface area contributed by atoms with Gasteiger partial charge in [-0.05, 0) is 37.9 Å². The summed E-state index contributed by atoms with van der Waals surface area (Å²) >= 11 is 0. The van der Waals surface area contributed by atoms with E-state index in [1.165, 1.54) is 4.57 Å². The second kappa shape index (κ2) is 5.35. The lowest BCUT2D eigenvalue weighted by Crippen LogP contribution is -2.30. The van der Waals surface area contributed by atoms with Crippen molar-refractivity contribution in [1.29, 1.82) is 0 Å². The fourth-order valence-corrected chi connectivity index (χ4v) is 2.22. The minimum absolute atomic E-state index is 0.0965. The van der Waals surface area contributed by atoms with Gasteiger partial charge in [-0.15, -0.1) is 0 Å². The van der Waals surface area contributed by atoms with Gasteiger partial charge in [0.25, 0.3) is 5.56 Å². The third-order valence-electron chi connectivity index (χ3n) is 3.34. The molecule has 0 saturated carbocycles. The molecule has 0 aromatic carbocycles. The zero-order chi connectivity index (χ0) is 13.1. The van der Waals surface area contributed by atoms with Gasteiger partial charge in [0.1, 0.15) is 5.69 Å². The molecule has 1 unspecified atom stereocenters. The maximum atomic E-state index is 11.9. The van der Waals surface area contributed by atoms with Crippen LogP contribution in [0, 0.1) is 6.92 Å². The van der Waals surface area contributed by atoms with Crippen LogP contribution in [0.1, 0.15) is 24.8 Å². The molecule has 2 heterocycles. The van der Waals surface area contributed by atoms with Crippen LogP contribution in [0.4, 0.5) is 5.69 Å². The van der Waals surface area contributed by atoms with Crippen LogP contribution < -0.4 is 16.2 Å². The van der Waals surface area contributed by atoms with Gasteiger partial charge in [-0.2, -0.15) is 0 Å². The molecule has 1 fully saturated rings. The summed E-state index contributed by atoms with van der Waals surface area (Å²) in [6.45, 7) is 2.80. The molecule has 5 nitrogen and oxygen atoms in total. The number of hydrogen-bond donors (Lipinski definition) is 2. The molecule has 1 aromatic rings. The van der Waals surface area contributed by atoms with Crippen molar-refractivity contribution in [1.82, 2.24) is 9.88 Å². The van der Waals surface area contributed by atoms with Crippen molar-refractivity contribution in [3.05, 3.63) is 28.2 Å². The van der Waals surface area contributed by atoms with Crippen LogP contribution in [-0.4, -0.2) is 23.1 Å². The second-order valence-corrected chi connectivity index (χ2v) is 4.84. The van der Waals surface area contributed by atoms with Gasteiger partial charge in [0, 0.05) is 25.7 Å². The highest BCUT2D eigenvalue weighted by atomic mass is 16.2. The van der Waals surface area contributed by atoms with Crippen molar-refractivity contribution < 1.29 is 4.79 Å². The summed E-state index contributed by atoms with van der Waals surface area (Å²) in [6, 6.07) is 2.07. The molecule has 0 spiro atoms. The molecule has 0 bridgehead atoms. The monoisotopic (exact) mass is 249 g/mol. The van der Waals surface area contributed by atoms with Crippen LogP contribution in [0.5, 0.6) is 0 Å². The van der Waals surface area contributed by atoms with Crippen molar-refractivity contribution in [3.8, 4) is 0 Å². The Morgan fingerprint density at radius 2 is 2.39 bits per heavy atom. The first kappa shape index (κ1) is 12.8. The zero-order valence-electron chi connectivity index (χ0n) is 10.8. The Hall–Kier alpha value is -1.62. The average Bonchev–Trinajstić information content (AvgIpc) is 2.82. The third-order valence-corrected chi connectivity index (χ3v) is 3.34. The number of amides is 1. The van der Waals surface area contributed by atoms with Gasteiger partial charge in [0.15, 0.2) is 0 Å². The van der Waals surface area contributed by atoms with Gasteiger partial charge in [-0.1, -0.05) is 0 Å². The normalized spacial score (nSPS) is 18.9. The lowest BCUT2D eigenvalue weighted by Gasteiger charge is -2.12. The van der Waals surface area contributed by atoms with Crippen molar-refractivity contribution in [3.63, 3.8) is 0 Å². The van der Waals surface area contributed by atoms with E-state index in [-0.39, 0.29) is 17.5 Å². The number of anilines is 1. The molecule has 2 rings (SSSR count). The van der Waals surface area contributed by atoms with Crippen molar-refractivity contribution in [2.24, 2.45) is 7.05 Å². The predicted molar refractivity (Wildman–Crippen MR) is 70.7 cm³/mol. The maximum Gasteiger partial charge on any atom is 0.274 e. The smallest absolute Gasteiger partial charge is 0.274 e. The third kappa shape index (κ3) is 2.79. The fraction of sp³-hybridized carbons (Fsp3) is 0.538. The first-order chi connectivity index (χ1) is 8.58. The summed E-state index contributed by atoms with van der Waals surface area (Å²) in [5.41, 5.74) is 1.02. The van der Waals surface area contributed by atoms with Crippen molar-refractivity contribution in [2.75, 3.05) is 11.9 Å². The van der Waals surface area contributed by atoms with Gasteiger partial charge in [0.2, 0.25) is 5.91 Å². The molecular formula is C13H19N3O2. The highest BCUT2D eigenvalue weighted by Crippen LogP contribution is 2.12. The number of rotatable bonds is 3. The van der Waals surface area contributed by atoms with Crippen LogP contribution in [0.3, 0.4) is 0 Å². The van der Waals surface area contributed by atoms with E-state index in [0.717, 1.165) is 24.9 Å². The highest BCUT2D eigenvalue weighted by molar-refractivity contribution is 5.91. The summed E-state index contributed by atoms with van der Waals surface area (Å²) in [4.78, 5) is 23.8. The van der Waals surface area contributed by atoms with E-state index < -0.39 is 0 Å². The quantitative estimate of drug-likeness (QED) is 0.832. The molecule has 98 valence electrons. The van der Waals surface area contributed by atoms with Gasteiger partial charge in [-0.25, -0.2) is 0 Å². The Morgan fingerprint density at radius 3 is 3.06 bits per heavy atom. The predicted octanol–water partition coefficient (Wildman–Crippen LogP) is 0.774. The Kier molecular flexibility index (Phi) is 3.81. The summed E-state index contributed by atoms with van der Waals surface area (Å²) in [5.74, 6) is -0.0965. The molecule has 18 heavy (non-hydrogen) atoms. The van der Waals surface area contributed by atoms with Crippen molar-refractivity contribution >= 4 is 11.6 Å². The Balaban J connectivity index is 2.07. The van der Waals surface area contributed by atoms with E-state index in [4.69, 9.17) is 0 Å². The molecule has 1 aliphatic heterocycles. The topological polar surface area (TPSA) is 63.1 Å². The van der Waals surface area contributed by atoms with Crippen LogP contribution >= 0.6 is 0 Å². The number of hydrogen-bond acceptors (Lipinski definition) is 3. The molecule has 2 N–H and O–H groups in total. The number of nitrogens with one attached hydrogen (secondary N) is 2. The van der Waals surface area contributed by atoms with Crippen molar-refractivity contribution in [2.45, 2.75) is 32.2 Å².